The molecule has 28 heavy (non-hydrogen) atoms. The molecule has 5 nitrogen and oxygen atoms in total. The average molecular weight is 413 g/mol. The smallest absolute Gasteiger partial charge is 0.261 e. The molecule has 3 aromatic rings. The standard InChI is InChI=1S/C21H17ClN2O3S/c22-19-8-4-5-9-20(19)24-28(26,27)18-13-10-16(11-14-18)12-15-21(25)23-17-6-2-1-3-7-17/h1-15,24H,(H,23,25)/b15-12+. The molecule has 0 bridgehead atoms. The molecule has 0 aliphatic rings. The second-order valence-corrected chi connectivity index (χ2v) is 7.93. The van der Waals surface area contributed by atoms with Crippen molar-refractivity contribution in [1.29, 1.82) is 0 Å². The van der Waals surface area contributed by atoms with Crippen LogP contribution in [0.2, 0.25) is 5.02 Å². The van der Waals surface area contributed by atoms with Crippen molar-refractivity contribution in [3.05, 3.63) is 95.5 Å². The highest BCUT2D eigenvalue weighted by Gasteiger charge is 2.15. The first-order valence-electron chi connectivity index (χ1n) is 8.35. The van der Waals surface area contributed by atoms with Gasteiger partial charge >= 0.3 is 0 Å². The minimum absolute atomic E-state index is 0.0957. The van der Waals surface area contributed by atoms with Crippen LogP contribution in [0.25, 0.3) is 6.08 Å². The number of anilines is 2. The summed E-state index contributed by atoms with van der Waals surface area (Å²) < 4.78 is 27.4. The van der Waals surface area contributed by atoms with E-state index in [2.05, 4.69) is 10.0 Å². The third kappa shape index (κ3) is 5.22. The fraction of sp³-hybridized carbons (Fsp3) is 0. The van der Waals surface area contributed by atoms with Crippen LogP contribution < -0.4 is 10.0 Å². The highest BCUT2D eigenvalue weighted by atomic mass is 35.5. The third-order valence-corrected chi connectivity index (χ3v) is 5.49. The Kier molecular flexibility index (Phi) is 6.13. The molecule has 0 heterocycles. The van der Waals surface area contributed by atoms with E-state index in [9.17, 15) is 13.2 Å². The number of carbonyl (C=O) groups is 1. The number of benzene rings is 3. The van der Waals surface area contributed by atoms with Crippen LogP contribution in [-0.4, -0.2) is 14.3 Å². The Labute approximate surface area is 168 Å². The Morgan fingerprint density at radius 1 is 0.857 bits per heavy atom. The van der Waals surface area contributed by atoms with Crippen molar-refractivity contribution < 1.29 is 13.2 Å². The number of nitrogens with one attached hydrogen (secondary N) is 2. The molecule has 1 amide bonds. The molecule has 3 aromatic carbocycles. The summed E-state index contributed by atoms with van der Waals surface area (Å²) >= 11 is 6.00. The van der Waals surface area contributed by atoms with E-state index in [1.54, 1.807) is 54.6 Å². The normalized spacial score (nSPS) is 11.3. The van der Waals surface area contributed by atoms with Crippen LogP contribution in [0, 0.1) is 0 Å². The summed E-state index contributed by atoms with van der Waals surface area (Å²) in [5.74, 6) is -0.275. The maximum Gasteiger partial charge on any atom is 0.261 e. The van der Waals surface area contributed by atoms with Crippen LogP contribution in [0.5, 0.6) is 0 Å². The number of rotatable bonds is 6. The molecule has 0 atom stereocenters. The summed E-state index contributed by atoms with van der Waals surface area (Å²) in [5, 5.41) is 3.05. The predicted octanol–water partition coefficient (Wildman–Crippen LogP) is 4.79. The van der Waals surface area contributed by atoms with Crippen LogP contribution in [0.4, 0.5) is 11.4 Å². The van der Waals surface area contributed by atoms with Gasteiger partial charge in [0.1, 0.15) is 0 Å². The average Bonchev–Trinajstić information content (AvgIpc) is 2.69. The third-order valence-electron chi connectivity index (χ3n) is 3.78. The zero-order valence-corrected chi connectivity index (χ0v) is 16.2. The van der Waals surface area contributed by atoms with Crippen molar-refractivity contribution in [2.75, 3.05) is 10.0 Å². The number of hydrogen-bond donors (Lipinski definition) is 2. The van der Waals surface area contributed by atoms with E-state index in [0.717, 1.165) is 0 Å². The molecular formula is C21H17ClN2O3S. The molecule has 0 aliphatic carbocycles. The van der Waals surface area contributed by atoms with Crippen LogP contribution >= 0.6 is 11.6 Å². The van der Waals surface area contributed by atoms with Crippen molar-refractivity contribution in [3.63, 3.8) is 0 Å². The molecule has 2 N–H and O–H groups in total. The highest BCUT2D eigenvalue weighted by Crippen LogP contribution is 2.24. The summed E-state index contributed by atoms with van der Waals surface area (Å²) in [6.45, 7) is 0. The Morgan fingerprint density at radius 3 is 2.18 bits per heavy atom. The van der Waals surface area contributed by atoms with E-state index in [-0.39, 0.29) is 10.8 Å². The van der Waals surface area contributed by atoms with Gasteiger partial charge in [0, 0.05) is 11.8 Å². The van der Waals surface area contributed by atoms with E-state index in [0.29, 0.717) is 22.0 Å². The Morgan fingerprint density at radius 2 is 1.50 bits per heavy atom. The van der Waals surface area contributed by atoms with E-state index < -0.39 is 10.0 Å². The lowest BCUT2D eigenvalue weighted by Gasteiger charge is -2.09. The van der Waals surface area contributed by atoms with Crippen molar-refractivity contribution >= 4 is 45.0 Å². The molecule has 0 saturated heterocycles. The first kappa shape index (κ1) is 19.7. The second-order valence-electron chi connectivity index (χ2n) is 5.84. The topological polar surface area (TPSA) is 75.3 Å². The summed E-state index contributed by atoms with van der Waals surface area (Å²) in [4.78, 5) is 12.0. The fourth-order valence-corrected chi connectivity index (χ4v) is 3.70. The summed E-state index contributed by atoms with van der Waals surface area (Å²) in [7, 11) is -3.76. The maximum absolute atomic E-state index is 12.5. The van der Waals surface area contributed by atoms with Gasteiger partial charge in [-0.15, -0.1) is 0 Å². The first-order chi connectivity index (χ1) is 13.4. The van der Waals surface area contributed by atoms with Crippen molar-refractivity contribution in [3.8, 4) is 0 Å². The van der Waals surface area contributed by atoms with E-state index in [1.807, 2.05) is 18.2 Å². The van der Waals surface area contributed by atoms with Gasteiger partial charge in [-0.2, -0.15) is 0 Å². The number of sulfonamides is 1. The van der Waals surface area contributed by atoms with E-state index in [1.165, 1.54) is 18.2 Å². The lowest BCUT2D eigenvalue weighted by molar-refractivity contribution is -0.111. The molecule has 0 aliphatic heterocycles. The molecule has 0 radical (unpaired) electrons. The molecular weight excluding hydrogens is 396 g/mol. The largest absolute Gasteiger partial charge is 0.323 e. The zero-order valence-electron chi connectivity index (χ0n) is 14.7. The van der Waals surface area contributed by atoms with Crippen LogP contribution in [0.15, 0.2) is 89.8 Å². The van der Waals surface area contributed by atoms with Gasteiger partial charge < -0.3 is 5.32 Å². The van der Waals surface area contributed by atoms with Crippen LogP contribution in [-0.2, 0) is 14.8 Å². The molecule has 0 spiro atoms. The fourth-order valence-electron chi connectivity index (χ4n) is 2.38. The summed E-state index contributed by atoms with van der Waals surface area (Å²) in [6, 6.07) is 21.9. The maximum atomic E-state index is 12.5. The zero-order chi connectivity index (χ0) is 20.0. The monoisotopic (exact) mass is 412 g/mol. The van der Waals surface area contributed by atoms with Crippen molar-refractivity contribution in [2.24, 2.45) is 0 Å². The van der Waals surface area contributed by atoms with Crippen molar-refractivity contribution in [1.82, 2.24) is 0 Å². The molecule has 0 aromatic heterocycles. The van der Waals surface area contributed by atoms with Gasteiger partial charge in [0.05, 0.1) is 15.6 Å². The van der Waals surface area contributed by atoms with Gasteiger partial charge in [0.15, 0.2) is 0 Å². The summed E-state index contributed by atoms with van der Waals surface area (Å²) in [5.41, 5.74) is 1.70. The number of amides is 1. The Balaban J connectivity index is 1.67. The van der Waals surface area contributed by atoms with E-state index in [4.69, 9.17) is 11.6 Å². The van der Waals surface area contributed by atoms with Crippen LogP contribution in [0.1, 0.15) is 5.56 Å². The van der Waals surface area contributed by atoms with Gasteiger partial charge in [0.25, 0.3) is 10.0 Å². The van der Waals surface area contributed by atoms with Gasteiger partial charge in [-0.1, -0.05) is 54.1 Å². The second kappa shape index (κ2) is 8.73. The SMILES string of the molecule is O=C(/C=C/c1ccc(S(=O)(=O)Nc2ccccc2Cl)cc1)Nc1ccccc1. The molecule has 0 unspecified atom stereocenters. The quantitative estimate of drug-likeness (QED) is 0.571. The van der Waals surface area contributed by atoms with Crippen molar-refractivity contribution in [2.45, 2.75) is 4.90 Å². The predicted molar refractivity (Wildman–Crippen MR) is 113 cm³/mol. The first-order valence-corrected chi connectivity index (χ1v) is 10.2. The number of halogens is 1. The molecule has 0 saturated carbocycles. The molecule has 142 valence electrons. The van der Waals surface area contributed by atoms with Gasteiger partial charge in [-0.25, -0.2) is 8.42 Å². The van der Waals surface area contributed by atoms with E-state index >= 15 is 0 Å². The molecule has 0 fully saturated rings. The Hall–Kier alpha value is -3.09. The molecule has 7 heteroatoms. The van der Waals surface area contributed by atoms with Crippen LogP contribution in [0.3, 0.4) is 0 Å². The Bertz CT molecular complexity index is 1100. The minimum Gasteiger partial charge on any atom is -0.323 e. The lowest BCUT2D eigenvalue weighted by atomic mass is 10.2. The number of para-hydroxylation sites is 2. The number of hydrogen-bond acceptors (Lipinski definition) is 3. The summed E-state index contributed by atoms with van der Waals surface area (Å²) in [6.07, 6.45) is 2.99. The lowest BCUT2D eigenvalue weighted by Crippen LogP contribution is -2.13. The molecule has 3 rings (SSSR count). The minimum atomic E-state index is -3.76. The number of carbonyl (C=O) groups excluding carboxylic acids is 1. The van der Waals surface area contributed by atoms with Gasteiger partial charge in [-0.3, -0.25) is 9.52 Å². The van der Waals surface area contributed by atoms with Gasteiger partial charge in [-0.05, 0) is 48.0 Å². The van der Waals surface area contributed by atoms with Gasteiger partial charge in [0.2, 0.25) is 5.91 Å². The highest BCUT2D eigenvalue weighted by molar-refractivity contribution is 7.92.